The van der Waals surface area contributed by atoms with E-state index in [9.17, 15) is 14.0 Å². The fourth-order valence-electron chi connectivity index (χ4n) is 3.38. The van der Waals surface area contributed by atoms with Crippen molar-refractivity contribution in [1.82, 2.24) is 9.88 Å². The van der Waals surface area contributed by atoms with E-state index >= 15 is 0 Å². The highest BCUT2D eigenvalue weighted by molar-refractivity contribution is 6.21. The predicted octanol–water partition coefficient (Wildman–Crippen LogP) is 4.25. The number of nitrogens with zero attached hydrogens (tertiary/aromatic N) is 2. The number of hydrogen-bond acceptors (Lipinski definition) is 3. The normalized spacial score (nSPS) is 13.8. The summed E-state index contributed by atoms with van der Waals surface area (Å²) >= 11 is 0. The Hall–Kier alpha value is -3.34. The molecule has 2 heterocycles. The molecule has 0 saturated carbocycles. The Morgan fingerprint density at radius 2 is 1.74 bits per heavy atom. The number of fused-ring (bicyclic) bond motifs is 2. The fraction of sp³-hybridized carbons (Fsp3) is 0.136. The van der Waals surface area contributed by atoms with E-state index in [1.54, 1.807) is 30.3 Å². The molecule has 1 aliphatic heterocycles. The molecule has 0 bridgehead atoms. The van der Waals surface area contributed by atoms with E-state index in [-0.39, 0.29) is 24.2 Å². The number of benzene rings is 2. The molecule has 0 N–H and O–H groups in total. The minimum absolute atomic E-state index is 0.265. The van der Waals surface area contributed by atoms with Crippen LogP contribution < -0.4 is 0 Å². The van der Waals surface area contributed by atoms with Crippen LogP contribution in [0, 0.1) is 5.82 Å². The number of allylic oxidation sites excluding steroid dienone is 1. The van der Waals surface area contributed by atoms with Crippen LogP contribution in [0.15, 0.2) is 54.6 Å². The number of hydrogen-bond donors (Lipinski definition) is 0. The molecular formula is C22H17FN2O2. The van der Waals surface area contributed by atoms with Crippen molar-refractivity contribution in [1.29, 1.82) is 0 Å². The summed E-state index contributed by atoms with van der Waals surface area (Å²) in [6.07, 6.45) is 4.19. The van der Waals surface area contributed by atoms with Crippen molar-refractivity contribution in [2.24, 2.45) is 0 Å². The zero-order chi connectivity index (χ0) is 19.0. The van der Waals surface area contributed by atoms with Crippen LogP contribution in [-0.4, -0.2) is 28.2 Å². The van der Waals surface area contributed by atoms with Crippen LogP contribution in [-0.2, 0) is 6.42 Å². The molecule has 0 atom stereocenters. The molecule has 4 nitrogen and oxygen atoms in total. The lowest BCUT2D eigenvalue weighted by molar-refractivity contribution is 0.0656. The van der Waals surface area contributed by atoms with E-state index in [0.29, 0.717) is 28.8 Å². The smallest absolute Gasteiger partial charge is 0.261 e. The van der Waals surface area contributed by atoms with Crippen LogP contribution in [0.5, 0.6) is 0 Å². The summed E-state index contributed by atoms with van der Waals surface area (Å²) in [4.78, 5) is 30.9. The minimum Gasteiger partial charge on any atom is -0.274 e. The SMILES string of the molecule is C/C=C\c1nc2cc(F)ccc2cc1CCN1C(=O)c2ccccc2C1=O. The van der Waals surface area contributed by atoms with Crippen LogP contribution in [0.25, 0.3) is 17.0 Å². The average Bonchev–Trinajstić information content (AvgIpc) is 2.91. The van der Waals surface area contributed by atoms with Gasteiger partial charge in [0.25, 0.3) is 11.8 Å². The highest BCUT2D eigenvalue weighted by atomic mass is 19.1. The molecule has 5 heteroatoms. The predicted molar refractivity (Wildman–Crippen MR) is 102 cm³/mol. The third-order valence-electron chi connectivity index (χ3n) is 4.70. The highest BCUT2D eigenvalue weighted by Crippen LogP contribution is 2.24. The number of rotatable bonds is 4. The molecule has 0 saturated heterocycles. The maximum Gasteiger partial charge on any atom is 0.261 e. The summed E-state index contributed by atoms with van der Waals surface area (Å²) in [7, 11) is 0. The molecule has 0 aliphatic carbocycles. The van der Waals surface area contributed by atoms with E-state index < -0.39 is 0 Å². The largest absolute Gasteiger partial charge is 0.274 e. The van der Waals surface area contributed by atoms with Gasteiger partial charge in [0.05, 0.1) is 22.3 Å². The zero-order valence-corrected chi connectivity index (χ0v) is 14.8. The van der Waals surface area contributed by atoms with Crippen molar-refractivity contribution in [3.8, 4) is 0 Å². The molecule has 27 heavy (non-hydrogen) atoms. The third-order valence-corrected chi connectivity index (χ3v) is 4.70. The third kappa shape index (κ3) is 3.01. The molecular weight excluding hydrogens is 343 g/mol. The summed E-state index contributed by atoms with van der Waals surface area (Å²) in [5, 5.41) is 0.821. The number of carbonyl (C=O) groups is 2. The molecule has 2 aromatic carbocycles. The highest BCUT2D eigenvalue weighted by Gasteiger charge is 2.34. The first-order valence-electron chi connectivity index (χ1n) is 8.75. The lowest BCUT2D eigenvalue weighted by atomic mass is 10.1. The maximum atomic E-state index is 13.5. The van der Waals surface area contributed by atoms with Crippen molar-refractivity contribution in [3.05, 3.63) is 82.8 Å². The Kier molecular flexibility index (Phi) is 4.28. The second-order valence-corrected chi connectivity index (χ2v) is 6.43. The second-order valence-electron chi connectivity index (χ2n) is 6.43. The fourth-order valence-corrected chi connectivity index (χ4v) is 3.38. The Morgan fingerprint density at radius 1 is 1.04 bits per heavy atom. The van der Waals surface area contributed by atoms with Gasteiger partial charge in [-0.3, -0.25) is 14.5 Å². The molecule has 0 spiro atoms. The van der Waals surface area contributed by atoms with E-state index in [4.69, 9.17) is 0 Å². The molecule has 1 aromatic heterocycles. The molecule has 0 fully saturated rings. The van der Waals surface area contributed by atoms with Gasteiger partial charge in [-0.1, -0.05) is 18.2 Å². The lowest BCUT2D eigenvalue weighted by Crippen LogP contribution is -2.31. The molecule has 2 amide bonds. The number of amides is 2. The molecule has 4 rings (SSSR count). The number of pyridine rings is 1. The molecule has 0 unspecified atom stereocenters. The second kappa shape index (κ2) is 6.76. The van der Waals surface area contributed by atoms with Gasteiger partial charge in [0.1, 0.15) is 5.82 Å². The van der Waals surface area contributed by atoms with Crippen LogP contribution in [0.3, 0.4) is 0 Å². The van der Waals surface area contributed by atoms with Crippen LogP contribution >= 0.6 is 0 Å². The van der Waals surface area contributed by atoms with Gasteiger partial charge >= 0.3 is 0 Å². The van der Waals surface area contributed by atoms with Crippen molar-refractivity contribution in [2.75, 3.05) is 6.54 Å². The van der Waals surface area contributed by atoms with Gasteiger partial charge in [-0.25, -0.2) is 9.37 Å². The van der Waals surface area contributed by atoms with E-state index in [1.165, 1.54) is 17.0 Å². The summed E-state index contributed by atoms with van der Waals surface area (Å²) in [5.74, 6) is -0.863. The first kappa shape index (κ1) is 17.1. The van der Waals surface area contributed by atoms with Gasteiger partial charge in [0.2, 0.25) is 0 Å². The topological polar surface area (TPSA) is 50.3 Å². The van der Waals surface area contributed by atoms with Crippen LogP contribution in [0.1, 0.15) is 38.9 Å². The lowest BCUT2D eigenvalue weighted by Gasteiger charge is -2.15. The van der Waals surface area contributed by atoms with Crippen molar-refractivity contribution in [3.63, 3.8) is 0 Å². The Morgan fingerprint density at radius 3 is 2.41 bits per heavy atom. The Balaban J connectivity index is 1.64. The van der Waals surface area contributed by atoms with Gasteiger partial charge in [0.15, 0.2) is 0 Å². The Labute approximate surface area is 155 Å². The van der Waals surface area contributed by atoms with Crippen LogP contribution in [0.4, 0.5) is 4.39 Å². The van der Waals surface area contributed by atoms with Gasteiger partial charge in [-0.05, 0) is 55.3 Å². The van der Waals surface area contributed by atoms with Crippen molar-refractivity contribution >= 4 is 28.8 Å². The Bertz CT molecular complexity index is 1070. The van der Waals surface area contributed by atoms with Gasteiger partial charge in [-0.15, -0.1) is 0 Å². The first-order valence-corrected chi connectivity index (χ1v) is 8.75. The monoisotopic (exact) mass is 360 g/mol. The van der Waals surface area contributed by atoms with Gasteiger partial charge in [0, 0.05) is 18.0 Å². The maximum absolute atomic E-state index is 13.5. The molecule has 1 aliphatic rings. The minimum atomic E-state index is -0.333. The average molecular weight is 360 g/mol. The summed E-state index contributed by atoms with van der Waals surface area (Å²) in [6, 6.07) is 13.3. The summed E-state index contributed by atoms with van der Waals surface area (Å²) < 4.78 is 13.5. The van der Waals surface area contributed by atoms with Gasteiger partial charge < -0.3 is 0 Å². The van der Waals surface area contributed by atoms with E-state index in [0.717, 1.165) is 10.9 Å². The van der Waals surface area contributed by atoms with E-state index in [1.807, 2.05) is 25.1 Å². The molecule has 0 radical (unpaired) electrons. The van der Waals surface area contributed by atoms with Crippen molar-refractivity contribution in [2.45, 2.75) is 13.3 Å². The summed E-state index contributed by atoms with van der Waals surface area (Å²) in [6.45, 7) is 2.15. The summed E-state index contributed by atoms with van der Waals surface area (Å²) in [5.41, 5.74) is 3.09. The van der Waals surface area contributed by atoms with Crippen molar-refractivity contribution < 1.29 is 14.0 Å². The number of imide groups is 1. The zero-order valence-electron chi connectivity index (χ0n) is 14.8. The number of aromatic nitrogens is 1. The molecule has 3 aromatic rings. The number of carbonyl (C=O) groups excluding carboxylic acids is 2. The number of halogens is 1. The van der Waals surface area contributed by atoms with Gasteiger partial charge in [-0.2, -0.15) is 0 Å². The standard InChI is InChI=1S/C22H17FN2O2/c1-2-5-19-15(12-14-8-9-16(23)13-20(14)24-19)10-11-25-21(26)17-6-3-4-7-18(17)22(25)27/h2-9,12-13H,10-11H2,1H3/b5-2-. The molecule has 134 valence electrons. The van der Waals surface area contributed by atoms with Crippen LogP contribution in [0.2, 0.25) is 0 Å². The quantitative estimate of drug-likeness (QED) is 0.654. The van der Waals surface area contributed by atoms with E-state index in [2.05, 4.69) is 4.98 Å². The first-order chi connectivity index (χ1) is 13.1.